The van der Waals surface area contributed by atoms with Crippen LogP contribution in [0.5, 0.6) is 0 Å². The Kier molecular flexibility index (Phi) is 6.67. The summed E-state index contributed by atoms with van der Waals surface area (Å²) in [7, 11) is 1.21. The Morgan fingerprint density at radius 3 is 2.57 bits per heavy atom. The minimum Gasteiger partial charge on any atom is -0.480 e. The van der Waals surface area contributed by atoms with Gasteiger partial charge in [0.15, 0.2) is 0 Å². The second-order valence-corrected chi connectivity index (χ2v) is 4.94. The van der Waals surface area contributed by atoms with Gasteiger partial charge in [0, 0.05) is 10.9 Å². The van der Waals surface area contributed by atoms with Crippen LogP contribution in [0.4, 0.5) is 10.5 Å². The summed E-state index contributed by atoms with van der Waals surface area (Å²) in [6.45, 7) is 0. The van der Waals surface area contributed by atoms with Crippen LogP contribution in [0.1, 0.15) is 12.8 Å². The van der Waals surface area contributed by atoms with Gasteiger partial charge in [0.2, 0.25) is 0 Å². The monoisotopic (exact) mass is 358 g/mol. The van der Waals surface area contributed by atoms with Crippen molar-refractivity contribution in [3.8, 4) is 0 Å². The highest BCUT2D eigenvalue weighted by atomic mass is 79.9. The first-order chi connectivity index (χ1) is 9.93. The van der Waals surface area contributed by atoms with Gasteiger partial charge < -0.3 is 20.5 Å². The van der Waals surface area contributed by atoms with E-state index in [-0.39, 0.29) is 12.8 Å². The molecule has 1 atom stereocenters. The number of benzene rings is 1. The first-order valence-corrected chi connectivity index (χ1v) is 6.85. The predicted octanol–water partition coefficient (Wildman–Crippen LogP) is 1.98. The molecule has 2 amide bonds. The van der Waals surface area contributed by atoms with E-state index in [0.29, 0.717) is 10.2 Å². The maximum atomic E-state index is 11.8. The molecule has 1 aromatic rings. The minimum atomic E-state index is -1.22. The molecule has 0 aliphatic heterocycles. The molecule has 0 unspecified atom stereocenters. The van der Waals surface area contributed by atoms with Gasteiger partial charge >= 0.3 is 18.0 Å². The van der Waals surface area contributed by atoms with Gasteiger partial charge in [0.05, 0.1) is 12.8 Å². The Hall–Kier alpha value is -2.09. The third-order valence-corrected chi connectivity index (χ3v) is 3.28. The number of carbonyl (C=O) groups is 3. The highest BCUT2D eigenvalue weighted by molar-refractivity contribution is 9.10. The largest absolute Gasteiger partial charge is 0.480 e. The number of para-hydroxylation sites is 1. The molecule has 0 saturated carbocycles. The maximum absolute atomic E-state index is 11.8. The van der Waals surface area contributed by atoms with Crippen LogP contribution in [0, 0.1) is 0 Å². The fraction of sp³-hybridized carbons (Fsp3) is 0.308. The molecular weight excluding hydrogens is 344 g/mol. The zero-order valence-electron chi connectivity index (χ0n) is 11.3. The Bertz CT molecular complexity index is 535. The van der Waals surface area contributed by atoms with Crippen LogP contribution in [0.3, 0.4) is 0 Å². The third-order valence-electron chi connectivity index (χ3n) is 2.59. The predicted molar refractivity (Wildman–Crippen MR) is 79.0 cm³/mol. The van der Waals surface area contributed by atoms with Crippen LogP contribution in [-0.4, -0.2) is 36.2 Å². The molecule has 0 aromatic heterocycles. The average molecular weight is 359 g/mol. The number of hydrogen-bond donors (Lipinski definition) is 3. The summed E-state index contributed by atoms with van der Waals surface area (Å²) in [6, 6.07) is 5.07. The second kappa shape index (κ2) is 8.25. The molecule has 0 saturated heterocycles. The van der Waals surface area contributed by atoms with Crippen molar-refractivity contribution in [2.24, 2.45) is 0 Å². The first-order valence-electron chi connectivity index (χ1n) is 6.05. The van der Waals surface area contributed by atoms with Crippen molar-refractivity contribution in [3.05, 3.63) is 28.7 Å². The number of rotatable bonds is 6. The molecule has 3 N–H and O–H groups in total. The summed E-state index contributed by atoms with van der Waals surface area (Å²) in [5.41, 5.74) is 0.507. The van der Waals surface area contributed by atoms with Crippen LogP contribution in [0.2, 0.25) is 0 Å². The van der Waals surface area contributed by atoms with Gasteiger partial charge in [0.1, 0.15) is 6.04 Å². The van der Waals surface area contributed by atoms with E-state index in [1.165, 1.54) is 7.11 Å². The number of halogens is 1. The van der Waals surface area contributed by atoms with E-state index in [2.05, 4.69) is 31.3 Å². The van der Waals surface area contributed by atoms with Crippen LogP contribution in [-0.2, 0) is 14.3 Å². The number of methoxy groups -OCH3 is 1. The number of hydrogen-bond acceptors (Lipinski definition) is 4. The number of ether oxygens (including phenoxy) is 1. The highest BCUT2D eigenvalue weighted by Gasteiger charge is 2.21. The molecule has 0 fully saturated rings. The zero-order chi connectivity index (χ0) is 15.8. The van der Waals surface area contributed by atoms with Crippen molar-refractivity contribution in [1.29, 1.82) is 0 Å². The van der Waals surface area contributed by atoms with Gasteiger partial charge in [-0.3, -0.25) is 4.79 Å². The van der Waals surface area contributed by atoms with Crippen LogP contribution < -0.4 is 10.6 Å². The number of urea groups is 1. The summed E-state index contributed by atoms with van der Waals surface area (Å²) >= 11 is 3.26. The van der Waals surface area contributed by atoms with Crippen LogP contribution in [0.25, 0.3) is 0 Å². The lowest BCUT2D eigenvalue weighted by atomic mass is 10.1. The van der Waals surface area contributed by atoms with Crippen molar-refractivity contribution in [2.75, 3.05) is 12.4 Å². The van der Waals surface area contributed by atoms with Crippen molar-refractivity contribution >= 4 is 39.6 Å². The lowest BCUT2D eigenvalue weighted by Gasteiger charge is -2.15. The van der Waals surface area contributed by atoms with Gasteiger partial charge in [-0.25, -0.2) is 9.59 Å². The molecule has 7 nitrogen and oxygen atoms in total. The van der Waals surface area contributed by atoms with Crippen molar-refractivity contribution in [1.82, 2.24) is 5.32 Å². The van der Waals surface area contributed by atoms with Crippen molar-refractivity contribution in [2.45, 2.75) is 18.9 Å². The van der Waals surface area contributed by atoms with Crippen molar-refractivity contribution < 1.29 is 24.2 Å². The van der Waals surface area contributed by atoms with Gasteiger partial charge in [-0.2, -0.15) is 0 Å². The molecule has 0 heterocycles. The lowest BCUT2D eigenvalue weighted by Crippen LogP contribution is -2.43. The summed E-state index contributed by atoms with van der Waals surface area (Å²) in [4.78, 5) is 33.8. The summed E-state index contributed by atoms with van der Waals surface area (Å²) in [5.74, 6) is -1.75. The third kappa shape index (κ3) is 5.82. The van der Waals surface area contributed by atoms with Gasteiger partial charge in [-0.15, -0.1) is 0 Å². The quantitative estimate of drug-likeness (QED) is 0.674. The molecular formula is C13H15BrN2O5. The molecule has 0 spiro atoms. The average Bonchev–Trinajstić information content (AvgIpc) is 2.45. The molecule has 0 radical (unpaired) electrons. The van der Waals surface area contributed by atoms with Crippen LogP contribution in [0.15, 0.2) is 28.7 Å². The highest BCUT2D eigenvalue weighted by Crippen LogP contribution is 2.20. The molecule has 8 heteroatoms. The molecule has 0 aliphatic rings. The lowest BCUT2D eigenvalue weighted by molar-refractivity contribution is -0.142. The van der Waals surface area contributed by atoms with E-state index in [1.54, 1.807) is 24.3 Å². The molecule has 0 bridgehead atoms. The van der Waals surface area contributed by atoms with E-state index in [1.807, 2.05) is 0 Å². The van der Waals surface area contributed by atoms with E-state index < -0.39 is 24.0 Å². The minimum absolute atomic E-state index is 0.0502. The first kappa shape index (κ1) is 17.0. The Morgan fingerprint density at radius 2 is 2.00 bits per heavy atom. The summed E-state index contributed by atoms with van der Waals surface area (Å²) < 4.78 is 5.10. The fourth-order valence-electron chi connectivity index (χ4n) is 1.50. The molecule has 21 heavy (non-hydrogen) atoms. The number of carboxylic acids is 1. The number of carbonyl (C=O) groups excluding carboxylic acids is 2. The normalized spacial score (nSPS) is 11.3. The fourth-order valence-corrected chi connectivity index (χ4v) is 1.88. The Labute approximate surface area is 129 Å². The van der Waals surface area contributed by atoms with E-state index >= 15 is 0 Å². The molecule has 114 valence electrons. The topological polar surface area (TPSA) is 105 Å². The SMILES string of the molecule is COC(=O)CC[C@@H](NC(=O)Nc1ccccc1Br)C(=O)O. The number of nitrogens with one attached hydrogen (secondary N) is 2. The van der Waals surface area contributed by atoms with Crippen molar-refractivity contribution in [3.63, 3.8) is 0 Å². The van der Waals surface area contributed by atoms with E-state index in [0.717, 1.165) is 0 Å². The number of anilines is 1. The van der Waals surface area contributed by atoms with Crippen LogP contribution >= 0.6 is 15.9 Å². The number of carboxylic acid groups (broad SMARTS) is 1. The Morgan fingerprint density at radius 1 is 1.33 bits per heavy atom. The van der Waals surface area contributed by atoms with Gasteiger partial charge in [-0.05, 0) is 34.5 Å². The number of aliphatic carboxylic acids is 1. The summed E-state index contributed by atoms with van der Waals surface area (Å²) in [5, 5.41) is 13.8. The van der Waals surface area contributed by atoms with E-state index in [9.17, 15) is 14.4 Å². The molecule has 0 aliphatic carbocycles. The second-order valence-electron chi connectivity index (χ2n) is 4.08. The van der Waals surface area contributed by atoms with Gasteiger partial charge in [-0.1, -0.05) is 12.1 Å². The maximum Gasteiger partial charge on any atom is 0.326 e. The van der Waals surface area contributed by atoms with Gasteiger partial charge in [0.25, 0.3) is 0 Å². The standard InChI is InChI=1S/C13H15BrN2O5/c1-21-11(17)7-6-10(12(18)19)16-13(20)15-9-5-3-2-4-8(9)14/h2-5,10H,6-7H2,1H3,(H,18,19)(H2,15,16,20)/t10-/m1/s1. The zero-order valence-corrected chi connectivity index (χ0v) is 12.8. The number of amides is 2. The van der Waals surface area contributed by atoms with E-state index in [4.69, 9.17) is 5.11 Å². The number of esters is 1. The Balaban J connectivity index is 2.58. The smallest absolute Gasteiger partial charge is 0.326 e. The molecule has 1 aromatic carbocycles. The summed E-state index contributed by atoms with van der Waals surface area (Å²) in [6.07, 6.45) is -0.145. The molecule has 1 rings (SSSR count).